The monoisotopic (exact) mass is 497 g/mol. The molecule has 0 aromatic heterocycles. The van der Waals surface area contributed by atoms with Crippen molar-refractivity contribution in [2.75, 3.05) is 43.0 Å². The second-order valence-electron chi connectivity index (χ2n) is 8.08. The maximum Gasteiger partial charge on any atom is 0.262 e. The van der Waals surface area contributed by atoms with E-state index in [1.807, 2.05) is 36.1 Å². The highest BCUT2D eigenvalue weighted by Crippen LogP contribution is 2.22. The quantitative estimate of drug-likeness (QED) is 0.503. The summed E-state index contributed by atoms with van der Waals surface area (Å²) in [6, 6.07) is 19.9. The molecule has 0 unspecified atom stereocenters. The zero-order chi connectivity index (χ0) is 24.1. The molecule has 1 fully saturated rings. The van der Waals surface area contributed by atoms with Crippen LogP contribution in [0.2, 0.25) is 10.0 Å². The first-order valence-corrected chi connectivity index (χ1v) is 11.7. The molecule has 0 radical (unpaired) electrons. The number of hydrogen-bond acceptors (Lipinski definition) is 4. The fraction of sp³-hybridized carbons (Fsp3) is 0.231. The third-order valence-electron chi connectivity index (χ3n) is 5.67. The minimum atomic E-state index is -0.241. The number of halogens is 2. The standard InChI is InChI=1S/C26H25Cl2N3O3/c1-18-16-23(10-11-24(18)28)34-17-25(32)29-21-6-8-22(9-7-21)30-12-14-31(15-13-30)26(33)19-2-4-20(27)5-3-19/h2-11,16H,12-15,17H2,1H3,(H,29,32). The molecular formula is C26H25Cl2N3O3. The van der Waals surface area contributed by atoms with E-state index in [1.54, 1.807) is 42.5 Å². The van der Waals surface area contributed by atoms with Gasteiger partial charge in [0.1, 0.15) is 5.75 Å². The second-order valence-corrected chi connectivity index (χ2v) is 8.92. The van der Waals surface area contributed by atoms with Crippen molar-refractivity contribution in [2.45, 2.75) is 6.92 Å². The van der Waals surface area contributed by atoms with Crippen molar-refractivity contribution in [2.24, 2.45) is 0 Å². The first-order valence-electron chi connectivity index (χ1n) is 11.0. The Balaban J connectivity index is 1.25. The fourth-order valence-corrected chi connectivity index (χ4v) is 3.99. The van der Waals surface area contributed by atoms with Gasteiger partial charge in [-0.15, -0.1) is 0 Å². The summed E-state index contributed by atoms with van der Waals surface area (Å²) in [6.45, 7) is 4.54. The van der Waals surface area contributed by atoms with Gasteiger partial charge >= 0.3 is 0 Å². The van der Waals surface area contributed by atoms with Crippen molar-refractivity contribution >= 4 is 46.4 Å². The lowest BCUT2D eigenvalue weighted by atomic mass is 10.1. The lowest BCUT2D eigenvalue weighted by Gasteiger charge is -2.36. The van der Waals surface area contributed by atoms with E-state index in [2.05, 4.69) is 10.2 Å². The number of nitrogens with zero attached hydrogens (tertiary/aromatic N) is 2. The van der Waals surface area contributed by atoms with Gasteiger partial charge in [0.05, 0.1) is 0 Å². The van der Waals surface area contributed by atoms with Crippen molar-refractivity contribution in [1.82, 2.24) is 4.90 Å². The summed E-state index contributed by atoms with van der Waals surface area (Å²) in [5.74, 6) is 0.376. The molecule has 2 amide bonds. The molecule has 0 aliphatic carbocycles. The summed E-state index contributed by atoms with van der Waals surface area (Å²) >= 11 is 11.9. The van der Waals surface area contributed by atoms with Gasteiger partial charge in [0.25, 0.3) is 11.8 Å². The number of amides is 2. The van der Waals surface area contributed by atoms with Crippen LogP contribution in [0.4, 0.5) is 11.4 Å². The number of benzene rings is 3. The van der Waals surface area contributed by atoms with Crippen LogP contribution in [-0.2, 0) is 4.79 Å². The molecule has 1 saturated heterocycles. The Morgan fingerprint density at radius 3 is 2.24 bits per heavy atom. The lowest BCUT2D eigenvalue weighted by molar-refractivity contribution is -0.118. The number of carbonyl (C=O) groups excluding carboxylic acids is 2. The molecule has 3 aromatic carbocycles. The molecule has 0 atom stereocenters. The van der Waals surface area contributed by atoms with Crippen LogP contribution in [-0.4, -0.2) is 49.5 Å². The third kappa shape index (κ3) is 6.01. The van der Waals surface area contributed by atoms with E-state index in [0.717, 1.165) is 24.3 Å². The number of nitrogens with one attached hydrogen (secondary N) is 1. The highest BCUT2D eigenvalue weighted by molar-refractivity contribution is 6.31. The largest absolute Gasteiger partial charge is 0.484 e. The molecule has 6 nitrogen and oxygen atoms in total. The summed E-state index contributed by atoms with van der Waals surface area (Å²) in [4.78, 5) is 29.0. The van der Waals surface area contributed by atoms with Crippen LogP contribution in [0.5, 0.6) is 5.75 Å². The van der Waals surface area contributed by atoms with Gasteiger partial charge < -0.3 is 19.9 Å². The molecule has 4 rings (SSSR count). The van der Waals surface area contributed by atoms with E-state index in [1.165, 1.54) is 0 Å². The van der Waals surface area contributed by atoms with E-state index in [-0.39, 0.29) is 18.4 Å². The molecule has 1 N–H and O–H groups in total. The van der Waals surface area contributed by atoms with Crippen LogP contribution in [0.25, 0.3) is 0 Å². The average molecular weight is 498 g/mol. The number of aryl methyl sites for hydroxylation is 1. The minimum Gasteiger partial charge on any atom is -0.484 e. The van der Waals surface area contributed by atoms with E-state index in [0.29, 0.717) is 40.1 Å². The Morgan fingerprint density at radius 2 is 1.59 bits per heavy atom. The topological polar surface area (TPSA) is 61.9 Å². The smallest absolute Gasteiger partial charge is 0.262 e. The van der Waals surface area contributed by atoms with Crippen molar-refractivity contribution in [1.29, 1.82) is 0 Å². The molecule has 0 spiro atoms. The van der Waals surface area contributed by atoms with Crippen LogP contribution in [0.3, 0.4) is 0 Å². The zero-order valence-corrected chi connectivity index (χ0v) is 20.3. The van der Waals surface area contributed by atoms with Crippen molar-refractivity contribution < 1.29 is 14.3 Å². The Hall–Kier alpha value is -3.22. The normalized spacial score (nSPS) is 13.5. The van der Waals surface area contributed by atoms with Crippen LogP contribution in [0.15, 0.2) is 66.7 Å². The van der Waals surface area contributed by atoms with Crippen LogP contribution in [0, 0.1) is 6.92 Å². The SMILES string of the molecule is Cc1cc(OCC(=O)Nc2ccc(N3CCN(C(=O)c4ccc(Cl)cc4)CC3)cc2)ccc1Cl. The first kappa shape index (κ1) is 23.9. The number of ether oxygens (including phenoxy) is 1. The van der Waals surface area contributed by atoms with E-state index >= 15 is 0 Å². The van der Waals surface area contributed by atoms with Crippen molar-refractivity contribution in [3.8, 4) is 5.75 Å². The highest BCUT2D eigenvalue weighted by atomic mass is 35.5. The summed E-state index contributed by atoms with van der Waals surface area (Å²) in [6.07, 6.45) is 0. The maximum absolute atomic E-state index is 12.7. The maximum atomic E-state index is 12.7. The molecule has 1 heterocycles. The molecule has 34 heavy (non-hydrogen) atoms. The van der Waals surface area contributed by atoms with Gasteiger partial charge in [0, 0.05) is 53.2 Å². The molecule has 8 heteroatoms. The second kappa shape index (κ2) is 10.8. The highest BCUT2D eigenvalue weighted by Gasteiger charge is 2.22. The number of piperazine rings is 1. The summed E-state index contributed by atoms with van der Waals surface area (Å²) < 4.78 is 5.54. The van der Waals surface area contributed by atoms with Crippen molar-refractivity contribution in [3.05, 3.63) is 87.9 Å². The van der Waals surface area contributed by atoms with E-state index in [9.17, 15) is 9.59 Å². The Bertz CT molecular complexity index is 1160. The van der Waals surface area contributed by atoms with Gasteiger partial charge in [-0.05, 0) is 79.2 Å². The van der Waals surface area contributed by atoms with Gasteiger partial charge in [-0.1, -0.05) is 23.2 Å². The number of anilines is 2. The summed E-state index contributed by atoms with van der Waals surface area (Å²) in [5.41, 5.74) is 3.28. The summed E-state index contributed by atoms with van der Waals surface area (Å²) in [7, 11) is 0. The zero-order valence-electron chi connectivity index (χ0n) is 18.8. The minimum absolute atomic E-state index is 0.0188. The Morgan fingerprint density at radius 1 is 0.912 bits per heavy atom. The molecule has 0 bridgehead atoms. The molecule has 1 aliphatic rings. The molecule has 3 aromatic rings. The predicted octanol–water partition coefficient (Wildman–Crippen LogP) is 5.28. The van der Waals surface area contributed by atoms with Crippen molar-refractivity contribution in [3.63, 3.8) is 0 Å². The number of carbonyl (C=O) groups is 2. The lowest BCUT2D eigenvalue weighted by Crippen LogP contribution is -2.48. The van der Waals surface area contributed by atoms with Gasteiger partial charge in [0.15, 0.2) is 6.61 Å². The van der Waals surface area contributed by atoms with Gasteiger partial charge in [-0.2, -0.15) is 0 Å². The molecule has 1 aliphatic heterocycles. The van der Waals surface area contributed by atoms with Crippen LogP contribution < -0.4 is 15.0 Å². The number of rotatable bonds is 6. The van der Waals surface area contributed by atoms with Gasteiger partial charge in [-0.25, -0.2) is 0 Å². The first-order chi connectivity index (χ1) is 16.4. The van der Waals surface area contributed by atoms with E-state index in [4.69, 9.17) is 27.9 Å². The van der Waals surface area contributed by atoms with Crippen LogP contribution in [0.1, 0.15) is 15.9 Å². The Labute approximate surface area is 209 Å². The van der Waals surface area contributed by atoms with Gasteiger partial charge in [0.2, 0.25) is 0 Å². The molecular weight excluding hydrogens is 473 g/mol. The van der Waals surface area contributed by atoms with E-state index < -0.39 is 0 Å². The Kier molecular flexibility index (Phi) is 7.60. The molecule has 176 valence electrons. The van der Waals surface area contributed by atoms with Gasteiger partial charge in [-0.3, -0.25) is 9.59 Å². The molecule has 0 saturated carbocycles. The average Bonchev–Trinajstić information content (AvgIpc) is 2.85. The number of hydrogen-bond donors (Lipinski definition) is 1. The fourth-order valence-electron chi connectivity index (χ4n) is 3.75. The summed E-state index contributed by atoms with van der Waals surface area (Å²) in [5, 5.41) is 4.12. The third-order valence-corrected chi connectivity index (χ3v) is 6.35. The van der Waals surface area contributed by atoms with Crippen LogP contribution >= 0.6 is 23.2 Å². The predicted molar refractivity (Wildman–Crippen MR) is 136 cm³/mol.